The predicted molar refractivity (Wildman–Crippen MR) is 137 cm³/mol. The van der Waals surface area contributed by atoms with E-state index in [4.69, 9.17) is 5.11 Å². The van der Waals surface area contributed by atoms with Crippen molar-refractivity contribution >= 4 is 38.7 Å². The van der Waals surface area contributed by atoms with Crippen molar-refractivity contribution in [2.75, 3.05) is 0 Å². The third-order valence-corrected chi connectivity index (χ3v) is 6.63. The van der Waals surface area contributed by atoms with Gasteiger partial charge in [0.2, 0.25) is 0 Å². The SMILES string of the molecule is CC(C)C[C@H](NC(=O)O)C(=O)NS(=O)(=O)c1cccc2cc(C(=O)NC(C)(C)CC(C)(C)C)ncc12. The molecule has 0 saturated heterocycles. The summed E-state index contributed by atoms with van der Waals surface area (Å²) in [5.74, 6) is -1.42. The Morgan fingerprint density at radius 3 is 2.28 bits per heavy atom. The molecule has 0 radical (unpaired) electrons. The lowest BCUT2D eigenvalue weighted by Crippen LogP contribution is -2.48. The molecule has 36 heavy (non-hydrogen) atoms. The number of sulfonamides is 1. The Hall–Kier alpha value is -3.21. The van der Waals surface area contributed by atoms with Crippen molar-refractivity contribution in [2.24, 2.45) is 11.3 Å². The van der Waals surface area contributed by atoms with Crippen molar-refractivity contribution in [2.45, 2.75) is 77.8 Å². The number of aromatic nitrogens is 1. The highest BCUT2D eigenvalue weighted by Crippen LogP contribution is 2.27. The van der Waals surface area contributed by atoms with Crippen LogP contribution in [0.5, 0.6) is 0 Å². The Labute approximate surface area is 212 Å². The Morgan fingerprint density at radius 1 is 1.08 bits per heavy atom. The summed E-state index contributed by atoms with van der Waals surface area (Å²) in [6.45, 7) is 13.7. The van der Waals surface area contributed by atoms with E-state index in [1.165, 1.54) is 24.4 Å². The number of hydrogen-bond donors (Lipinski definition) is 4. The Kier molecular flexibility index (Phi) is 8.72. The Morgan fingerprint density at radius 2 is 1.72 bits per heavy atom. The van der Waals surface area contributed by atoms with Crippen LogP contribution in [0.2, 0.25) is 0 Å². The third kappa shape index (κ3) is 8.18. The highest BCUT2D eigenvalue weighted by molar-refractivity contribution is 7.90. The average Bonchev–Trinajstić information content (AvgIpc) is 2.69. The van der Waals surface area contributed by atoms with E-state index in [9.17, 15) is 22.8 Å². The van der Waals surface area contributed by atoms with Crippen LogP contribution in [-0.2, 0) is 14.8 Å². The molecule has 0 bridgehead atoms. The molecule has 10 nitrogen and oxygen atoms in total. The highest BCUT2D eigenvalue weighted by Gasteiger charge is 2.29. The van der Waals surface area contributed by atoms with Crippen LogP contribution in [0, 0.1) is 11.3 Å². The van der Waals surface area contributed by atoms with E-state index in [-0.39, 0.29) is 39.6 Å². The van der Waals surface area contributed by atoms with Gasteiger partial charge in [-0.1, -0.05) is 46.8 Å². The quantitative estimate of drug-likeness (QED) is 0.393. The van der Waals surface area contributed by atoms with Gasteiger partial charge in [0.1, 0.15) is 11.7 Å². The van der Waals surface area contributed by atoms with Crippen LogP contribution < -0.4 is 15.4 Å². The molecule has 0 aliphatic heterocycles. The minimum Gasteiger partial charge on any atom is -0.465 e. The molecular formula is C25H36N4O6S. The molecule has 1 aromatic carbocycles. The molecule has 198 valence electrons. The maximum absolute atomic E-state index is 13.1. The highest BCUT2D eigenvalue weighted by atomic mass is 32.2. The smallest absolute Gasteiger partial charge is 0.405 e. The molecule has 0 spiro atoms. The standard InChI is InChI=1S/C25H36N4O6S/c1-15(2)11-19(27-23(32)33)22(31)29-36(34,35)20-10-8-9-16-12-18(26-13-17(16)20)21(30)28-25(6,7)14-24(3,4)5/h8-10,12-13,15,19,27H,11,14H2,1-7H3,(H,28,30)(H,29,31)(H,32,33)/t19-/m0/s1. The van der Waals surface area contributed by atoms with Crippen LogP contribution in [0.3, 0.4) is 0 Å². The number of carbonyl (C=O) groups excluding carboxylic acids is 2. The van der Waals surface area contributed by atoms with Crippen LogP contribution in [-0.4, -0.2) is 48.0 Å². The number of nitrogens with one attached hydrogen (secondary N) is 3. The number of pyridine rings is 1. The van der Waals surface area contributed by atoms with Gasteiger partial charge in [-0.15, -0.1) is 0 Å². The fourth-order valence-corrected chi connectivity index (χ4v) is 5.59. The molecule has 1 atom stereocenters. The van der Waals surface area contributed by atoms with Gasteiger partial charge < -0.3 is 15.7 Å². The first-order valence-electron chi connectivity index (χ1n) is 11.7. The molecule has 1 heterocycles. The van der Waals surface area contributed by atoms with Gasteiger partial charge >= 0.3 is 6.09 Å². The minimum atomic E-state index is -4.36. The van der Waals surface area contributed by atoms with Gasteiger partial charge in [-0.2, -0.15) is 0 Å². The first-order valence-corrected chi connectivity index (χ1v) is 13.2. The van der Waals surface area contributed by atoms with Gasteiger partial charge in [-0.05, 0) is 55.5 Å². The second-order valence-electron chi connectivity index (χ2n) is 11.2. The summed E-state index contributed by atoms with van der Waals surface area (Å²) in [6.07, 6.45) is 0.699. The Bertz CT molecular complexity index is 1250. The van der Waals surface area contributed by atoms with Crippen LogP contribution in [0.4, 0.5) is 4.79 Å². The normalized spacial score (nSPS) is 13.3. The van der Waals surface area contributed by atoms with E-state index >= 15 is 0 Å². The summed E-state index contributed by atoms with van der Waals surface area (Å²) in [7, 11) is -4.36. The van der Waals surface area contributed by atoms with Crippen molar-refractivity contribution < 1.29 is 27.9 Å². The topological polar surface area (TPSA) is 155 Å². The number of amides is 3. The van der Waals surface area contributed by atoms with E-state index in [0.29, 0.717) is 5.39 Å². The minimum absolute atomic E-state index is 0.00451. The van der Waals surface area contributed by atoms with Crippen LogP contribution >= 0.6 is 0 Å². The fraction of sp³-hybridized carbons (Fsp3) is 0.520. The molecule has 1 aromatic heterocycles. The summed E-state index contributed by atoms with van der Waals surface area (Å²) in [5, 5.41) is 14.7. The summed E-state index contributed by atoms with van der Waals surface area (Å²) in [5.41, 5.74) is -0.362. The first-order chi connectivity index (χ1) is 16.4. The van der Waals surface area contributed by atoms with Gasteiger partial charge in [0.25, 0.3) is 21.8 Å². The number of carboxylic acid groups (broad SMARTS) is 1. The molecule has 0 fully saturated rings. The maximum Gasteiger partial charge on any atom is 0.405 e. The second-order valence-corrected chi connectivity index (χ2v) is 12.9. The number of carbonyl (C=O) groups is 3. The Balaban J connectivity index is 2.34. The van der Waals surface area contributed by atoms with E-state index < -0.39 is 33.6 Å². The molecule has 3 amide bonds. The van der Waals surface area contributed by atoms with E-state index in [0.717, 1.165) is 6.42 Å². The monoisotopic (exact) mass is 520 g/mol. The molecule has 2 rings (SSSR count). The predicted octanol–water partition coefficient (Wildman–Crippen LogP) is 3.67. The average molecular weight is 521 g/mol. The molecule has 0 aliphatic rings. The maximum atomic E-state index is 13.1. The second kappa shape index (κ2) is 10.8. The number of rotatable bonds is 9. The van der Waals surface area contributed by atoms with Crippen LogP contribution in [0.1, 0.15) is 71.8 Å². The first kappa shape index (κ1) is 29.0. The molecule has 4 N–H and O–H groups in total. The van der Waals surface area contributed by atoms with Crippen LogP contribution in [0.15, 0.2) is 35.4 Å². The van der Waals surface area contributed by atoms with Crippen molar-refractivity contribution in [3.05, 3.63) is 36.2 Å². The fourth-order valence-electron chi connectivity index (χ4n) is 4.35. The zero-order chi connectivity index (χ0) is 27.5. The lowest BCUT2D eigenvalue weighted by Gasteiger charge is -2.33. The van der Waals surface area contributed by atoms with Gasteiger partial charge in [0.05, 0.1) is 4.90 Å². The number of nitrogens with zero attached hydrogens (tertiary/aromatic N) is 1. The molecule has 11 heteroatoms. The van der Waals surface area contributed by atoms with Gasteiger partial charge in [-0.25, -0.2) is 17.9 Å². The number of hydrogen-bond acceptors (Lipinski definition) is 6. The van der Waals surface area contributed by atoms with E-state index in [2.05, 4.69) is 36.4 Å². The van der Waals surface area contributed by atoms with Gasteiger partial charge in [0.15, 0.2) is 0 Å². The zero-order valence-corrected chi connectivity index (χ0v) is 22.6. The van der Waals surface area contributed by atoms with Gasteiger partial charge in [0, 0.05) is 17.1 Å². The largest absolute Gasteiger partial charge is 0.465 e. The van der Waals surface area contributed by atoms with Crippen molar-refractivity contribution in [1.82, 2.24) is 20.3 Å². The molecule has 0 aliphatic carbocycles. The van der Waals surface area contributed by atoms with Crippen molar-refractivity contribution in [1.29, 1.82) is 0 Å². The third-order valence-electron chi connectivity index (χ3n) is 5.23. The summed E-state index contributed by atoms with van der Waals surface area (Å²) >= 11 is 0. The number of benzene rings is 1. The zero-order valence-electron chi connectivity index (χ0n) is 21.8. The van der Waals surface area contributed by atoms with Crippen molar-refractivity contribution in [3.8, 4) is 0 Å². The van der Waals surface area contributed by atoms with Crippen molar-refractivity contribution in [3.63, 3.8) is 0 Å². The van der Waals surface area contributed by atoms with E-state index in [1.807, 2.05) is 18.6 Å². The summed E-state index contributed by atoms with van der Waals surface area (Å²) in [6, 6.07) is 4.70. The van der Waals surface area contributed by atoms with Crippen LogP contribution in [0.25, 0.3) is 10.8 Å². The van der Waals surface area contributed by atoms with E-state index in [1.54, 1.807) is 19.9 Å². The lowest BCUT2D eigenvalue weighted by molar-refractivity contribution is -0.121. The number of fused-ring (bicyclic) bond motifs is 1. The van der Waals surface area contributed by atoms with Gasteiger partial charge in [-0.3, -0.25) is 14.6 Å². The molecule has 2 aromatic rings. The summed E-state index contributed by atoms with van der Waals surface area (Å²) in [4.78, 5) is 40.5. The molecule has 0 unspecified atom stereocenters. The summed E-state index contributed by atoms with van der Waals surface area (Å²) < 4.78 is 28.1. The lowest BCUT2D eigenvalue weighted by atomic mass is 9.82. The molecular weight excluding hydrogens is 484 g/mol. The molecule has 0 saturated carbocycles.